The minimum absolute atomic E-state index is 0.178. The number of anilines is 5. The van der Waals surface area contributed by atoms with Crippen LogP contribution in [0.4, 0.5) is 33.8 Å². The summed E-state index contributed by atoms with van der Waals surface area (Å²) in [5, 5.41) is 8.19. The van der Waals surface area contributed by atoms with Crippen LogP contribution in [0, 0.1) is 0 Å². The molecule has 0 saturated carbocycles. The molecule has 0 radical (unpaired) electrons. The molecule has 0 aliphatic carbocycles. The van der Waals surface area contributed by atoms with Crippen molar-refractivity contribution < 1.29 is 18.8 Å². The Bertz CT molecular complexity index is 1810. The lowest BCUT2D eigenvalue weighted by atomic mass is 10.0. The maximum atomic E-state index is 13.4. The van der Waals surface area contributed by atoms with Gasteiger partial charge in [0.25, 0.3) is 0 Å². The van der Waals surface area contributed by atoms with Crippen LogP contribution in [-0.2, 0) is 15.7 Å². The van der Waals surface area contributed by atoms with Crippen molar-refractivity contribution in [2.24, 2.45) is 0 Å². The molecule has 0 bridgehead atoms. The predicted octanol–water partition coefficient (Wildman–Crippen LogP) is 6.30. The number of para-hydroxylation sites is 1. The normalized spacial score (nSPS) is 16.0. The number of aromatic nitrogens is 4. The summed E-state index contributed by atoms with van der Waals surface area (Å²) >= 11 is 3.56. The van der Waals surface area contributed by atoms with Crippen LogP contribution in [0.15, 0.2) is 47.2 Å². The van der Waals surface area contributed by atoms with Crippen LogP contribution >= 0.6 is 23.1 Å². The number of fused-ring (bicyclic) bond motifs is 1. The molecule has 2 fully saturated rings. The highest BCUT2D eigenvalue weighted by atomic mass is 79.9. The Labute approximate surface area is 276 Å². The number of nitrogens with zero attached hydrogens (tertiary/aromatic N) is 6. The van der Waals surface area contributed by atoms with Gasteiger partial charge in [0, 0.05) is 42.6 Å². The van der Waals surface area contributed by atoms with Gasteiger partial charge in [-0.25, -0.2) is 9.78 Å². The molecule has 2 saturated heterocycles. The van der Waals surface area contributed by atoms with Gasteiger partial charge in [-0.1, -0.05) is 25.1 Å². The lowest BCUT2D eigenvalue weighted by molar-refractivity contribution is 0.0499. The smallest absolute Gasteiger partial charge is 0.410 e. The minimum atomic E-state index is -2.70. The van der Waals surface area contributed by atoms with Gasteiger partial charge in [0.15, 0.2) is 0 Å². The first-order chi connectivity index (χ1) is 22.2. The van der Waals surface area contributed by atoms with E-state index in [0.717, 1.165) is 67.6 Å². The Morgan fingerprint density at radius 3 is 2.57 bits per heavy atom. The van der Waals surface area contributed by atoms with Crippen molar-refractivity contribution in [3.8, 4) is 5.88 Å². The molecular weight excluding hydrogens is 671 g/mol. The number of cyclic esters (lactones) is 1. The zero-order valence-electron chi connectivity index (χ0n) is 26.4. The third-order valence-electron chi connectivity index (χ3n) is 8.36. The molecule has 3 aromatic heterocycles. The van der Waals surface area contributed by atoms with Crippen molar-refractivity contribution >= 4 is 74.3 Å². The lowest BCUT2D eigenvalue weighted by Crippen LogP contribution is -2.50. The van der Waals surface area contributed by atoms with E-state index in [4.69, 9.17) is 19.4 Å². The summed E-state index contributed by atoms with van der Waals surface area (Å²) in [4.78, 5) is 35.1. The van der Waals surface area contributed by atoms with Gasteiger partial charge in [0.1, 0.15) is 24.5 Å². The van der Waals surface area contributed by atoms with Crippen LogP contribution in [0.25, 0.3) is 10.9 Å². The minimum Gasteiger partial charge on any atom is -0.479 e. The Morgan fingerprint density at radius 1 is 1.07 bits per heavy atom. The molecular formula is C32H38BrN8O4P. The van der Waals surface area contributed by atoms with Gasteiger partial charge >= 0.3 is 6.09 Å². The highest BCUT2D eigenvalue weighted by molar-refractivity contribution is 9.10. The van der Waals surface area contributed by atoms with Crippen LogP contribution in [0.1, 0.15) is 31.7 Å². The second-order valence-electron chi connectivity index (χ2n) is 11.8. The number of halogens is 1. The maximum Gasteiger partial charge on any atom is 0.410 e. The first-order valence-corrected chi connectivity index (χ1v) is 18.8. The number of amides is 1. The highest BCUT2D eigenvalue weighted by Crippen LogP contribution is 2.41. The number of rotatable bonds is 9. The average Bonchev–Trinajstić information content (AvgIpc) is 3.05. The molecule has 6 rings (SSSR count). The summed E-state index contributed by atoms with van der Waals surface area (Å²) in [7, 11) is -1.11. The van der Waals surface area contributed by atoms with E-state index in [9.17, 15) is 9.36 Å². The van der Waals surface area contributed by atoms with Crippen molar-refractivity contribution in [3.05, 3.63) is 52.8 Å². The van der Waals surface area contributed by atoms with E-state index in [1.165, 1.54) is 0 Å². The van der Waals surface area contributed by atoms with Gasteiger partial charge in [0.05, 0.1) is 35.6 Å². The molecule has 242 valence electrons. The Balaban J connectivity index is 1.24. The van der Waals surface area contributed by atoms with Crippen molar-refractivity contribution in [2.45, 2.75) is 38.6 Å². The third kappa shape index (κ3) is 6.62. The summed E-state index contributed by atoms with van der Waals surface area (Å²) in [5.74, 6) is 2.13. The number of carbonyl (C=O) groups is 1. The molecule has 0 spiro atoms. The topological polar surface area (TPSA) is 135 Å². The molecule has 2 aliphatic rings. The largest absolute Gasteiger partial charge is 0.479 e. The summed E-state index contributed by atoms with van der Waals surface area (Å²) < 4.78 is 25.1. The van der Waals surface area contributed by atoms with E-state index in [2.05, 4.69) is 48.4 Å². The number of piperidine rings is 1. The quantitative estimate of drug-likeness (QED) is 0.190. The average molecular weight is 710 g/mol. The molecule has 1 aromatic carbocycles. The third-order valence-corrected chi connectivity index (χ3v) is 10.5. The van der Waals surface area contributed by atoms with Gasteiger partial charge in [-0.15, -0.1) is 0 Å². The van der Waals surface area contributed by atoms with Gasteiger partial charge < -0.3 is 34.5 Å². The first kappa shape index (κ1) is 32.0. The number of methoxy groups -OCH3 is 1. The van der Waals surface area contributed by atoms with E-state index in [-0.39, 0.29) is 12.1 Å². The van der Waals surface area contributed by atoms with Gasteiger partial charge in [0.2, 0.25) is 11.8 Å². The zero-order valence-corrected chi connectivity index (χ0v) is 28.9. The van der Waals surface area contributed by atoms with Crippen LogP contribution in [0.3, 0.4) is 0 Å². The molecule has 0 atom stereocenters. The number of nitrogens with one attached hydrogen (secondary N) is 2. The van der Waals surface area contributed by atoms with Gasteiger partial charge in [-0.05, 0) is 72.6 Å². The number of hydrogen-bond donors (Lipinski definition) is 2. The van der Waals surface area contributed by atoms with Crippen molar-refractivity contribution in [3.63, 3.8) is 0 Å². The van der Waals surface area contributed by atoms with Crippen LogP contribution in [-0.4, -0.2) is 83.7 Å². The number of benzene rings is 1. The molecule has 0 unspecified atom stereocenters. The number of pyridine rings is 2. The van der Waals surface area contributed by atoms with Crippen molar-refractivity contribution in [1.82, 2.24) is 24.8 Å². The fraction of sp³-hybridized carbons (Fsp3) is 0.406. The molecule has 5 heterocycles. The number of ether oxygens (including phenoxy) is 2. The maximum absolute atomic E-state index is 13.4. The van der Waals surface area contributed by atoms with Crippen LogP contribution in [0.5, 0.6) is 5.88 Å². The van der Waals surface area contributed by atoms with E-state index in [0.29, 0.717) is 45.4 Å². The standard InChI is InChI=1S/C32H38BrN8O4P/c1-5-20-17-25(30(44-2)39-29(20)40-14-11-21(12-15-40)41-13-8-16-45-32(41)42)37-31-35-18-23(33)28(38-31)36-26-19-34-24-10-7-6-9-22(24)27(26)46(3,4)43/h6-7,9-10,17-19,21H,5,8,11-16H2,1-4H3,(H2,35,36,37,38). The Hall–Kier alpha value is -3.96. The zero-order chi connectivity index (χ0) is 32.4. The number of aryl methyl sites for hydroxylation is 1. The van der Waals surface area contributed by atoms with E-state index in [1.807, 2.05) is 35.2 Å². The molecule has 12 nitrogen and oxygen atoms in total. The molecule has 2 N–H and O–H groups in total. The second-order valence-corrected chi connectivity index (χ2v) is 15.8. The molecule has 46 heavy (non-hydrogen) atoms. The van der Waals surface area contributed by atoms with E-state index in [1.54, 1.807) is 32.8 Å². The number of hydrogen-bond acceptors (Lipinski definition) is 11. The lowest BCUT2D eigenvalue weighted by Gasteiger charge is -2.40. The molecule has 4 aromatic rings. The van der Waals surface area contributed by atoms with Gasteiger partial charge in [-0.3, -0.25) is 4.98 Å². The molecule has 2 aliphatic heterocycles. The monoisotopic (exact) mass is 708 g/mol. The van der Waals surface area contributed by atoms with Crippen LogP contribution in [0.2, 0.25) is 0 Å². The fourth-order valence-electron chi connectivity index (χ4n) is 6.16. The summed E-state index contributed by atoms with van der Waals surface area (Å²) in [6.45, 7) is 8.42. The van der Waals surface area contributed by atoms with Crippen LogP contribution < -0.4 is 25.6 Å². The predicted molar refractivity (Wildman–Crippen MR) is 185 cm³/mol. The summed E-state index contributed by atoms with van der Waals surface area (Å²) in [6.07, 6.45) is 6.49. The van der Waals surface area contributed by atoms with E-state index < -0.39 is 7.14 Å². The van der Waals surface area contributed by atoms with Crippen molar-refractivity contribution in [2.75, 3.05) is 62.2 Å². The Morgan fingerprint density at radius 2 is 1.85 bits per heavy atom. The first-order valence-electron chi connectivity index (χ1n) is 15.4. The fourth-order valence-corrected chi connectivity index (χ4v) is 7.91. The van der Waals surface area contributed by atoms with Gasteiger partial charge in [-0.2, -0.15) is 9.97 Å². The molecule has 14 heteroatoms. The van der Waals surface area contributed by atoms with E-state index >= 15 is 0 Å². The SMILES string of the molecule is CCc1cc(Nc2ncc(Br)c(Nc3cnc4ccccc4c3P(C)(C)=O)n2)c(OC)nc1N1CCC(N2CCCOC2=O)CC1. The summed E-state index contributed by atoms with van der Waals surface area (Å²) in [5.41, 5.74) is 3.10. The summed E-state index contributed by atoms with van der Waals surface area (Å²) in [6, 6.07) is 9.89. The Kier molecular flexibility index (Phi) is 9.33. The highest BCUT2D eigenvalue weighted by Gasteiger charge is 2.32. The molecule has 1 amide bonds. The second kappa shape index (κ2) is 13.4. The number of carbonyl (C=O) groups excluding carboxylic acids is 1. The van der Waals surface area contributed by atoms with Crippen molar-refractivity contribution in [1.29, 1.82) is 0 Å².